The summed E-state index contributed by atoms with van der Waals surface area (Å²) in [5, 5.41) is 12.8. The largest absolute Gasteiger partial charge is 0.367 e. The second-order valence-electron chi connectivity index (χ2n) is 3.25. The molecule has 0 unspecified atom stereocenters. The maximum atomic E-state index is 12.6. The number of nitrogens with two attached hydrogens (primary N) is 1. The van der Waals surface area contributed by atoms with E-state index in [1.54, 1.807) is 0 Å². The van der Waals surface area contributed by atoms with Crippen molar-refractivity contribution in [3.63, 3.8) is 0 Å². The lowest BCUT2D eigenvalue weighted by molar-refractivity contribution is -0.116. The predicted molar refractivity (Wildman–Crippen MR) is 57.3 cm³/mol. The van der Waals surface area contributed by atoms with Crippen molar-refractivity contribution in [2.75, 3.05) is 11.1 Å². The number of halogens is 1. The van der Waals surface area contributed by atoms with Gasteiger partial charge >= 0.3 is 0 Å². The van der Waals surface area contributed by atoms with E-state index in [1.165, 1.54) is 24.3 Å². The number of nitrogens with one attached hydrogen (secondary N) is 1. The van der Waals surface area contributed by atoms with Gasteiger partial charge in [-0.25, -0.2) is 9.07 Å². The number of nitrogen functional groups attached to an aromatic ring is 1. The first kappa shape index (κ1) is 11.0. The molecule has 2 aromatic rings. The molecule has 0 aliphatic rings. The summed E-state index contributed by atoms with van der Waals surface area (Å²) in [6, 6.07) is 5.41. The Morgan fingerprint density at radius 2 is 2.12 bits per heavy atom. The molecule has 1 aromatic heterocycles. The van der Waals surface area contributed by atoms with Crippen LogP contribution in [0.3, 0.4) is 0 Å². The molecule has 0 saturated heterocycles. The minimum atomic E-state index is -0.368. The van der Waals surface area contributed by atoms with Crippen molar-refractivity contribution in [2.45, 2.75) is 6.54 Å². The van der Waals surface area contributed by atoms with E-state index in [2.05, 4.69) is 20.8 Å². The molecule has 0 saturated carbocycles. The Kier molecular flexibility index (Phi) is 2.95. The topological polar surface area (TPSA) is 98.7 Å². The van der Waals surface area contributed by atoms with Gasteiger partial charge in [0, 0.05) is 5.69 Å². The molecule has 1 heterocycles. The van der Waals surface area contributed by atoms with E-state index in [9.17, 15) is 9.18 Å². The Balaban J connectivity index is 1.98. The number of anilines is 2. The second kappa shape index (κ2) is 4.56. The Bertz CT molecular complexity index is 523. The number of rotatable bonds is 3. The third-order valence-corrected chi connectivity index (χ3v) is 1.98. The van der Waals surface area contributed by atoms with E-state index in [0.29, 0.717) is 5.69 Å². The van der Waals surface area contributed by atoms with Gasteiger partial charge in [-0.1, -0.05) is 5.10 Å². The molecule has 1 amide bonds. The number of carbonyl (C=O) groups is 1. The third-order valence-electron chi connectivity index (χ3n) is 1.98. The number of nitrogens with zero attached hydrogens (tertiary/aromatic N) is 4. The highest BCUT2D eigenvalue weighted by Gasteiger charge is 2.07. The summed E-state index contributed by atoms with van der Waals surface area (Å²) in [4.78, 5) is 11.5. The summed E-state index contributed by atoms with van der Waals surface area (Å²) >= 11 is 0. The average molecular weight is 236 g/mol. The van der Waals surface area contributed by atoms with Crippen LogP contribution in [0, 0.1) is 5.82 Å². The first-order chi connectivity index (χ1) is 8.15. The first-order valence-electron chi connectivity index (χ1n) is 4.72. The molecular formula is C9H9FN6O. The molecule has 0 fully saturated rings. The van der Waals surface area contributed by atoms with Gasteiger partial charge in [0.15, 0.2) is 0 Å². The zero-order valence-corrected chi connectivity index (χ0v) is 8.67. The fraction of sp³-hybridized carbons (Fsp3) is 0.111. The van der Waals surface area contributed by atoms with E-state index in [4.69, 9.17) is 5.73 Å². The number of tetrazole rings is 1. The SMILES string of the molecule is Nc1nnnn1CC(=O)Nc1ccc(F)cc1. The zero-order valence-electron chi connectivity index (χ0n) is 8.67. The average Bonchev–Trinajstić information content (AvgIpc) is 2.68. The van der Waals surface area contributed by atoms with Crippen molar-refractivity contribution in [3.8, 4) is 0 Å². The fourth-order valence-corrected chi connectivity index (χ4v) is 1.19. The molecule has 17 heavy (non-hydrogen) atoms. The van der Waals surface area contributed by atoms with Crippen LogP contribution in [0.25, 0.3) is 0 Å². The van der Waals surface area contributed by atoms with E-state index in [0.717, 1.165) is 4.68 Å². The number of aromatic nitrogens is 4. The van der Waals surface area contributed by atoms with E-state index >= 15 is 0 Å². The minimum Gasteiger partial charge on any atom is -0.367 e. The van der Waals surface area contributed by atoms with Crippen molar-refractivity contribution in [1.29, 1.82) is 0 Å². The molecule has 88 valence electrons. The minimum absolute atomic E-state index is 0.0549. The van der Waals surface area contributed by atoms with Gasteiger partial charge in [0.2, 0.25) is 11.9 Å². The Hall–Kier alpha value is -2.51. The maximum Gasteiger partial charge on any atom is 0.246 e. The number of carbonyl (C=O) groups excluding carboxylic acids is 1. The van der Waals surface area contributed by atoms with Crippen LogP contribution < -0.4 is 11.1 Å². The second-order valence-corrected chi connectivity index (χ2v) is 3.25. The normalized spacial score (nSPS) is 10.2. The van der Waals surface area contributed by atoms with Gasteiger partial charge in [0.1, 0.15) is 12.4 Å². The molecule has 2 rings (SSSR count). The maximum absolute atomic E-state index is 12.6. The monoisotopic (exact) mass is 236 g/mol. The van der Waals surface area contributed by atoms with Gasteiger partial charge in [-0.2, -0.15) is 0 Å². The van der Waals surface area contributed by atoms with Gasteiger partial charge in [-0.3, -0.25) is 4.79 Å². The van der Waals surface area contributed by atoms with Crippen LogP contribution in [0.1, 0.15) is 0 Å². The predicted octanol–water partition coefficient (Wildman–Crippen LogP) is 0.0331. The number of benzene rings is 1. The van der Waals surface area contributed by atoms with E-state index in [1.807, 2.05) is 0 Å². The zero-order chi connectivity index (χ0) is 12.3. The van der Waals surface area contributed by atoms with Gasteiger partial charge in [0.25, 0.3) is 0 Å². The summed E-state index contributed by atoms with van der Waals surface area (Å²) < 4.78 is 13.8. The summed E-state index contributed by atoms with van der Waals surface area (Å²) in [7, 11) is 0. The molecule has 0 spiro atoms. The van der Waals surface area contributed by atoms with Crippen molar-refractivity contribution < 1.29 is 9.18 Å². The van der Waals surface area contributed by atoms with Gasteiger partial charge in [0.05, 0.1) is 0 Å². The van der Waals surface area contributed by atoms with E-state index in [-0.39, 0.29) is 24.2 Å². The molecule has 7 nitrogen and oxygen atoms in total. The third kappa shape index (κ3) is 2.74. The van der Waals surface area contributed by atoms with Crippen LogP contribution in [0.5, 0.6) is 0 Å². The highest BCUT2D eigenvalue weighted by molar-refractivity contribution is 5.90. The Morgan fingerprint density at radius 1 is 1.41 bits per heavy atom. The van der Waals surface area contributed by atoms with Crippen LogP contribution in [-0.2, 0) is 11.3 Å². The van der Waals surface area contributed by atoms with Crippen LogP contribution in [-0.4, -0.2) is 26.1 Å². The summed E-state index contributed by atoms with van der Waals surface area (Å²) in [5.41, 5.74) is 5.89. The first-order valence-corrected chi connectivity index (χ1v) is 4.72. The van der Waals surface area contributed by atoms with Crippen LogP contribution in [0.2, 0.25) is 0 Å². The van der Waals surface area contributed by atoms with Crippen LogP contribution in [0.4, 0.5) is 16.0 Å². The molecule has 0 aliphatic heterocycles. The molecular weight excluding hydrogens is 227 g/mol. The van der Waals surface area contributed by atoms with Gasteiger partial charge in [-0.15, -0.1) is 0 Å². The molecule has 0 radical (unpaired) electrons. The Morgan fingerprint density at radius 3 is 2.71 bits per heavy atom. The molecule has 0 aliphatic carbocycles. The van der Waals surface area contributed by atoms with Crippen LogP contribution in [0.15, 0.2) is 24.3 Å². The van der Waals surface area contributed by atoms with Crippen LogP contribution >= 0.6 is 0 Å². The quantitative estimate of drug-likeness (QED) is 0.783. The highest BCUT2D eigenvalue weighted by Crippen LogP contribution is 2.08. The Labute approximate surface area is 95.4 Å². The highest BCUT2D eigenvalue weighted by atomic mass is 19.1. The fourth-order valence-electron chi connectivity index (χ4n) is 1.19. The van der Waals surface area contributed by atoms with E-state index < -0.39 is 0 Å². The van der Waals surface area contributed by atoms with Crippen molar-refractivity contribution in [3.05, 3.63) is 30.1 Å². The summed E-state index contributed by atoms with van der Waals surface area (Å²) in [6.07, 6.45) is 0. The molecule has 1 aromatic carbocycles. The van der Waals surface area contributed by atoms with Crippen molar-refractivity contribution in [2.24, 2.45) is 0 Å². The standard InChI is InChI=1S/C9H9FN6O/c10-6-1-3-7(4-2-6)12-8(17)5-16-9(11)13-14-15-16/h1-4H,5H2,(H,12,17)(H2,11,13,15). The lowest BCUT2D eigenvalue weighted by Gasteiger charge is -2.04. The van der Waals surface area contributed by atoms with Gasteiger partial charge < -0.3 is 11.1 Å². The lowest BCUT2D eigenvalue weighted by atomic mass is 10.3. The lowest BCUT2D eigenvalue weighted by Crippen LogP contribution is -2.20. The van der Waals surface area contributed by atoms with Gasteiger partial charge in [-0.05, 0) is 34.7 Å². The molecule has 3 N–H and O–H groups in total. The molecule has 0 bridgehead atoms. The molecule has 0 atom stereocenters. The van der Waals surface area contributed by atoms with Crippen molar-refractivity contribution in [1.82, 2.24) is 20.2 Å². The summed E-state index contributed by atoms with van der Waals surface area (Å²) in [5.74, 6) is -0.664. The number of amides is 1. The summed E-state index contributed by atoms with van der Waals surface area (Å²) in [6.45, 7) is -0.101. The molecule has 8 heteroatoms. The smallest absolute Gasteiger partial charge is 0.246 e. The number of hydrogen-bond acceptors (Lipinski definition) is 5. The number of hydrogen-bond donors (Lipinski definition) is 2. The van der Waals surface area contributed by atoms with Crippen molar-refractivity contribution >= 4 is 17.5 Å².